The van der Waals surface area contributed by atoms with Gasteiger partial charge in [0.25, 0.3) is 0 Å². The summed E-state index contributed by atoms with van der Waals surface area (Å²) in [6.45, 7) is 1.60. The predicted octanol–water partition coefficient (Wildman–Crippen LogP) is 1.00. The minimum absolute atomic E-state index is 0.247. The Hall–Kier alpha value is -0.610. The average molecular weight is 216 g/mol. The van der Waals surface area contributed by atoms with E-state index in [1.54, 1.807) is 18.2 Å². The van der Waals surface area contributed by atoms with Crippen LogP contribution in [0.25, 0.3) is 0 Å². The zero-order valence-electron chi connectivity index (χ0n) is 7.94. The van der Waals surface area contributed by atoms with Crippen molar-refractivity contribution in [3.63, 3.8) is 0 Å². The molecule has 0 saturated carbocycles. The molecule has 2 unspecified atom stereocenters. The smallest absolute Gasteiger partial charge is 0.0965 e. The first-order chi connectivity index (χ1) is 6.56. The summed E-state index contributed by atoms with van der Waals surface area (Å²) in [7, 11) is 0. The van der Waals surface area contributed by atoms with Crippen molar-refractivity contribution in [3.8, 4) is 0 Å². The maximum Gasteiger partial charge on any atom is 0.0965 e. The highest BCUT2D eigenvalue weighted by Gasteiger charge is 2.17. The van der Waals surface area contributed by atoms with Gasteiger partial charge in [-0.1, -0.05) is 17.7 Å². The third-order valence-electron chi connectivity index (χ3n) is 2.17. The minimum Gasteiger partial charge on any atom is -0.395 e. The molecule has 0 amide bonds. The molecule has 0 fully saturated rings. The van der Waals surface area contributed by atoms with Crippen molar-refractivity contribution >= 4 is 11.6 Å². The normalized spacial score (nSPS) is 15.2. The zero-order valence-corrected chi connectivity index (χ0v) is 8.70. The lowest BCUT2D eigenvalue weighted by atomic mass is 9.99. The largest absolute Gasteiger partial charge is 0.395 e. The van der Waals surface area contributed by atoms with Crippen LogP contribution in [0.2, 0.25) is 5.02 Å². The number of nitrogens with two attached hydrogens (primary N) is 1. The SMILES string of the molecule is Cc1cc(Cl)ccc1C(O)C(N)CO. The zero-order chi connectivity index (χ0) is 10.7. The maximum atomic E-state index is 9.73. The Morgan fingerprint density at radius 2 is 2.14 bits per heavy atom. The third-order valence-corrected chi connectivity index (χ3v) is 2.40. The van der Waals surface area contributed by atoms with Crippen molar-refractivity contribution in [3.05, 3.63) is 34.3 Å². The molecule has 1 aromatic carbocycles. The molecule has 0 aliphatic carbocycles. The number of hydrogen-bond acceptors (Lipinski definition) is 3. The van der Waals surface area contributed by atoms with E-state index >= 15 is 0 Å². The second-order valence-electron chi connectivity index (χ2n) is 3.29. The monoisotopic (exact) mass is 215 g/mol. The molecule has 14 heavy (non-hydrogen) atoms. The van der Waals surface area contributed by atoms with Gasteiger partial charge in [-0.25, -0.2) is 0 Å². The molecule has 1 aromatic rings. The number of rotatable bonds is 3. The molecule has 0 heterocycles. The molecule has 3 nitrogen and oxygen atoms in total. The summed E-state index contributed by atoms with van der Waals surface area (Å²) in [5.41, 5.74) is 7.10. The fraction of sp³-hybridized carbons (Fsp3) is 0.400. The molecule has 4 heteroatoms. The van der Waals surface area contributed by atoms with Crippen molar-refractivity contribution in [2.45, 2.75) is 19.1 Å². The Kier molecular flexibility index (Phi) is 3.89. The molecule has 0 radical (unpaired) electrons. The lowest BCUT2D eigenvalue weighted by Gasteiger charge is -2.18. The van der Waals surface area contributed by atoms with Crippen LogP contribution in [0.4, 0.5) is 0 Å². The molecular formula is C10H14ClNO2. The van der Waals surface area contributed by atoms with Gasteiger partial charge in [0.15, 0.2) is 0 Å². The van der Waals surface area contributed by atoms with Crippen LogP contribution in [-0.4, -0.2) is 22.9 Å². The molecule has 4 N–H and O–H groups in total. The Balaban J connectivity index is 2.95. The standard InChI is InChI=1S/C10H14ClNO2/c1-6-4-7(11)2-3-8(6)10(14)9(12)5-13/h2-4,9-10,13-14H,5,12H2,1H3. The van der Waals surface area contributed by atoms with Crippen LogP contribution in [0.3, 0.4) is 0 Å². The van der Waals surface area contributed by atoms with Gasteiger partial charge in [-0.3, -0.25) is 0 Å². The Bertz CT molecular complexity index is 317. The van der Waals surface area contributed by atoms with Gasteiger partial charge in [-0.2, -0.15) is 0 Å². The van der Waals surface area contributed by atoms with E-state index in [1.807, 2.05) is 6.92 Å². The molecule has 2 atom stereocenters. The number of benzene rings is 1. The summed E-state index contributed by atoms with van der Waals surface area (Å²) in [5, 5.41) is 19.2. The maximum absolute atomic E-state index is 9.73. The van der Waals surface area contributed by atoms with Gasteiger partial charge in [0.2, 0.25) is 0 Å². The van der Waals surface area contributed by atoms with Crippen molar-refractivity contribution < 1.29 is 10.2 Å². The summed E-state index contributed by atoms with van der Waals surface area (Å²) < 4.78 is 0. The van der Waals surface area contributed by atoms with E-state index in [-0.39, 0.29) is 6.61 Å². The van der Waals surface area contributed by atoms with Crippen LogP contribution in [0.5, 0.6) is 0 Å². The quantitative estimate of drug-likeness (QED) is 0.705. The van der Waals surface area contributed by atoms with Crippen LogP contribution in [0, 0.1) is 6.92 Å². The fourth-order valence-corrected chi connectivity index (χ4v) is 1.53. The van der Waals surface area contributed by atoms with Crippen LogP contribution < -0.4 is 5.73 Å². The predicted molar refractivity (Wildman–Crippen MR) is 56.2 cm³/mol. The van der Waals surface area contributed by atoms with Crippen LogP contribution in [-0.2, 0) is 0 Å². The van der Waals surface area contributed by atoms with E-state index in [0.717, 1.165) is 5.56 Å². The molecule has 0 bridgehead atoms. The van der Waals surface area contributed by atoms with Gasteiger partial charge in [0, 0.05) is 5.02 Å². The van der Waals surface area contributed by atoms with Crippen molar-refractivity contribution in [2.75, 3.05) is 6.61 Å². The van der Waals surface area contributed by atoms with Crippen molar-refractivity contribution in [2.24, 2.45) is 5.73 Å². The molecule has 0 aliphatic heterocycles. The van der Waals surface area contributed by atoms with E-state index in [9.17, 15) is 5.11 Å². The first kappa shape index (κ1) is 11.5. The lowest BCUT2D eigenvalue weighted by Crippen LogP contribution is -2.32. The minimum atomic E-state index is -0.850. The van der Waals surface area contributed by atoms with Gasteiger partial charge >= 0.3 is 0 Å². The van der Waals surface area contributed by atoms with Crippen LogP contribution in [0.1, 0.15) is 17.2 Å². The van der Waals surface area contributed by atoms with E-state index in [1.165, 1.54) is 0 Å². The highest BCUT2D eigenvalue weighted by Crippen LogP contribution is 2.22. The molecule has 0 aromatic heterocycles. The Labute approximate surface area is 88.1 Å². The highest BCUT2D eigenvalue weighted by molar-refractivity contribution is 6.30. The average Bonchev–Trinajstić information content (AvgIpc) is 2.15. The molecule has 1 rings (SSSR count). The van der Waals surface area contributed by atoms with Gasteiger partial charge in [0.1, 0.15) is 0 Å². The summed E-state index contributed by atoms with van der Waals surface area (Å²) in [5.74, 6) is 0. The Morgan fingerprint density at radius 1 is 1.50 bits per heavy atom. The first-order valence-electron chi connectivity index (χ1n) is 4.37. The van der Waals surface area contributed by atoms with Gasteiger partial charge in [0.05, 0.1) is 18.8 Å². The highest BCUT2D eigenvalue weighted by atomic mass is 35.5. The topological polar surface area (TPSA) is 66.5 Å². The van der Waals surface area contributed by atoms with Crippen molar-refractivity contribution in [1.29, 1.82) is 0 Å². The number of hydrogen-bond donors (Lipinski definition) is 3. The van der Waals surface area contributed by atoms with E-state index in [4.69, 9.17) is 22.4 Å². The van der Waals surface area contributed by atoms with Gasteiger partial charge in [-0.05, 0) is 30.2 Å². The van der Waals surface area contributed by atoms with Crippen molar-refractivity contribution in [1.82, 2.24) is 0 Å². The van der Waals surface area contributed by atoms with E-state index < -0.39 is 12.1 Å². The second-order valence-corrected chi connectivity index (χ2v) is 3.73. The summed E-state index contributed by atoms with van der Waals surface area (Å²) >= 11 is 5.77. The second kappa shape index (κ2) is 4.75. The van der Waals surface area contributed by atoms with Gasteiger partial charge < -0.3 is 15.9 Å². The molecule has 0 saturated heterocycles. The Morgan fingerprint density at radius 3 is 2.64 bits per heavy atom. The molecule has 0 aliphatic rings. The number of halogens is 1. The summed E-state index contributed by atoms with van der Waals surface area (Å²) in [6, 6.07) is 4.51. The molecular weight excluding hydrogens is 202 g/mol. The van der Waals surface area contributed by atoms with E-state index in [0.29, 0.717) is 10.6 Å². The molecule has 0 spiro atoms. The third kappa shape index (κ3) is 2.45. The van der Waals surface area contributed by atoms with E-state index in [2.05, 4.69) is 0 Å². The number of aliphatic hydroxyl groups is 2. The summed E-state index contributed by atoms with van der Waals surface area (Å²) in [4.78, 5) is 0. The van der Waals surface area contributed by atoms with Crippen LogP contribution in [0.15, 0.2) is 18.2 Å². The van der Waals surface area contributed by atoms with Crippen LogP contribution >= 0.6 is 11.6 Å². The number of aliphatic hydroxyl groups excluding tert-OH is 2. The molecule has 78 valence electrons. The van der Waals surface area contributed by atoms with Gasteiger partial charge in [-0.15, -0.1) is 0 Å². The first-order valence-corrected chi connectivity index (χ1v) is 4.74. The fourth-order valence-electron chi connectivity index (χ4n) is 1.30. The lowest BCUT2D eigenvalue weighted by molar-refractivity contribution is 0.109. The number of aryl methyl sites for hydroxylation is 1. The summed E-state index contributed by atoms with van der Waals surface area (Å²) in [6.07, 6.45) is -0.850.